The molecular weight excluding hydrogens is 400 g/mol. The zero-order chi connectivity index (χ0) is 21.6. The van der Waals surface area contributed by atoms with E-state index in [1.54, 1.807) is 28.6 Å². The first-order valence-electron chi connectivity index (χ1n) is 10.4. The Bertz CT molecular complexity index is 951. The average Bonchev–Trinajstić information content (AvgIpc) is 2.74. The summed E-state index contributed by atoms with van der Waals surface area (Å²) in [5.74, 6) is 0.564. The molecule has 2 aromatic carbocycles. The number of sulfonamides is 1. The molecule has 1 amide bonds. The quantitative estimate of drug-likeness (QED) is 0.695. The molecule has 1 heterocycles. The third-order valence-corrected chi connectivity index (χ3v) is 7.08. The fourth-order valence-corrected chi connectivity index (χ4v) is 5.09. The minimum Gasteiger partial charge on any atom is -0.491 e. The number of amides is 1. The van der Waals surface area contributed by atoms with Gasteiger partial charge in [0.1, 0.15) is 12.4 Å². The van der Waals surface area contributed by atoms with Gasteiger partial charge in [-0.1, -0.05) is 36.8 Å². The zero-order valence-electron chi connectivity index (χ0n) is 17.6. The molecule has 0 aromatic heterocycles. The second kappa shape index (κ2) is 10.1. The number of rotatable bonds is 8. The standard InChI is InChI=1S/C23H30N2O4S/c1-18-8-4-5-9-22(18)29-16-19(2)24-23(26)21-12-10-20(11-13-21)17-30(27,28)25-14-6-3-7-15-25/h4-5,8-13,19H,3,6-7,14-17H2,1-2H3,(H,24,26)/t19-/m1/s1. The molecule has 1 aliphatic heterocycles. The van der Waals surface area contributed by atoms with Crippen LogP contribution >= 0.6 is 0 Å². The lowest BCUT2D eigenvalue weighted by Gasteiger charge is -2.25. The number of nitrogens with one attached hydrogen (secondary N) is 1. The summed E-state index contributed by atoms with van der Waals surface area (Å²) in [6.07, 6.45) is 2.93. The number of ether oxygens (including phenoxy) is 1. The van der Waals surface area contributed by atoms with Gasteiger partial charge in [-0.15, -0.1) is 0 Å². The smallest absolute Gasteiger partial charge is 0.251 e. The zero-order valence-corrected chi connectivity index (χ0v) is 18.5. The molecule has 0 spiro atoms. The Morgan fingerprint density at radius 1 is 1.07 bits per heavy atom. The first-order valence-corrected chi connectivity index (χ1v) is 12.0. The van der Waals surface area contributed by atoms with Gasteiger partial charge in [-0.05, 0) is 56.0 Å². The lowest BCUT2D eigenvalue weighted by atomic mass is 10.1. The molecule has 0 aliphatic carbocycles. The van der Waals surface area contributed by atoms with Gasteiger partial charge < -0.3 is 10.1 Å². The molecular formula is C23H30N2O4S. The van der Waals surface area contributed by atoms with Gasteiger partial charge >= 0.3 is 0 Å². The maximum Gasteiger partial charge on any atom is 0.251 e. The van der Waals surface area contributed by atoms with Crippen LogP contribution in [0.1, 0.15) is 47.7 Å². The maximum absolute atomic E-state index is 12.6. The van der Waals surface area contributed by atoms with Gasteiger partial charge in [-0.25, -0.2) is 12.7 Å². The average molecular weight is 431 g/mol. The number of hydrogen-bond acceptors (Lipinski definition) is 4. The monoisotopic (exact) mass is 430 g/mol. The summed E-state index contributed by atoms with van der Waals surface area (Å²) >= 11 is 0. The van der Waals surface area contributed by atoms with Crippen molar-refractivity contribution < 1.29 is 17.9 Å². The number of aryl methyl sites for hydroxylation is 1. The van der Waals surface area contributed by atoms with Crippen molar-refractivity contribution in [3.63, 3.8) is 0 Å². The fraction of sp³-hybridized carbons (Fsp3) is 0.435. The van der Waals surface area contributed by atoms with Crippen molar-refractivity contribution in [1.29, 1.82) is 0 Å². The molecule has 2 aromatic rings. The maximum atomic E-state index is 12.6. The second-order valence-electron chi connectivity index (χ2n) is 7.86. The van der Waals surface area contributed by atoms with Crippen molar-refractivity contribution in [2.24, 2.45) is 0 Å². The summed E-state index contributed by atoms with van der Waals surface area (Å²) in [4.78, 5) is 12.5. The normalized spacial score (nSPS) is 16.1. The summed E-state index contributed by atoms with van der Waals surface area (Å²) in [5.41, 5.74) is 2.23. The lowest BCUT2D eigenvalue weighted by molar-refractivity contribution is 0.0926. The third-order valence-electron chi connectivity index (χ3n) is 5.23. The van der Waals surface area contributed by atoms with Gasteiger partial charge in [0.25, 0.3) is 5.91 Å². The van der Waals surface area contributed by atoms with Crippen molar-refractivity contribution in [1.82, 2.24) is 9.62 Å². The first-order chi connectivity index (χ1) is 14.3. The Balaban J connectivity index is 1.52. The predicted molar refractivity (Wildman–Crippen MR) is 118 cm³/mol. The van der Waals surface area contributed by atoms with Gasteiger partial charge in [-0.3, -0.25) is 4.79 Å². The molecule has 1 aliphatic rings. The van der Waals surface area contributed by atoms with Gasteiger partial charge in [0.2, 0.25) is 10.0 Å². The third kappa shape index (κ3) is 6.06. The van der Waals surface area contributed by atoms with E-state index in [4.69, 9.17) is 4.74 Å². The van der Waals surface area contributed by atoms with Crippen molar-refractivity contribution >= 4 is 15.9 Å². The number of benzene rings is 2. The highest BCUT2D eigenvalue weighted by Gasteiger charge is 2.24. The molecule has 1 atom stereocenters. The number of para-hydroxylation sites is 1. The molecule has 0 bridgehead atoms. The first kappa shape index (κ1) is 22.3. The number of carbonyl (C=O) groups is 1. The largest absolute Gasteiger partial charge is 0.491 e. The molecule has 162 valence electrons. The van der Waals surface area contributed by atoms with Gasteiger partial charge in [0.15, 0.2) is 0 Å². The van der Waals surface area contributed by atoms with Crippen LogP contribution in [0.3, 0.4) is 0 Å². The minimum atomic E-state index is -3.31. The van der Waals surface area contributed by atoms with Crippen molar-refractivity contribution in [2.75, 3.05) is 19.7 Å². The molecule has 1 saturated heterocycles. The summed E-state index contributed by atoms with van der Waals surface area (Å²) in [6, 6.07) is 14.3. The minimum absolute atomic E-state index is 0.0322. The van der Waals surface area contributed by atoms with E-state index in [2.05, 4.69) is 5.32 Å². The summed E-state index contributed by atoms with van der Waals surface area (Å²) < 4.78 is 32.5. The van der Waals surface area contributed by atoms with E-state index in [0.29, 0.717) is 30.8 Å². The highest BCUT2D eigenvalue weighted by molar-refractivity contribution is 7.88. The molecule has 30 heavy (non-hydrogen) atoms. The van der Waals surface area contributed by atoms with Crippen LogP contribution in [-0.2, 0) is 15.8 Å². The lowest BCUT2D eigenvalue weighted by Crippen LogP contribution is -2.37. The van der Waals surface area contributed by atoms with E-state index < -0.39 is 10.0 Å². The number of nitrogens with zero attached hydrogens (tertiary/aromatic N) is 1. The van der Waals surface area contributed by atoms with E-state index >= 15 is 0 Å². The van der Waals surface area contributed by atoms with Crippen LogP contribution in [0.25, 0.3) is 0 Å². The van der Waals surface area contributed by atoms with E-state index in [1.165, 1.54) is 0 Å². The van der Waals surface area contributed by atoms with Crippen LogP contribution in [0.4, 0.5) is 0 Å². The Hall–Kier alpha value is -2.38. The van der Waals surface area contributed by atoms with Gasteiger partial charge in [0.05, 0.1) is 11.8 Å². The topological polar surface area (TPSA) is 75.7 Å². The van der Waals surface area contributed by atoms with Crippen molar-refractivity contribution in [3.8, 4) is 5.75 Å². The highest BCUT2D eigenvalue weighted by Crippen LogP contribution is 2.18. The van der Waals surface area contributed by atoms with Crippen molar-refractivity contribution in [2.45, 2.75) is 44.9 Å². The molecule has 1 fully saturated rings. The molecule has 0 unspecified atom stereocenters. The summed E-state index contributed by atoms with van der Waals surface area (Å²) in [7, 11) is -3.31. The number of carbonyl (C=O) groups excluding carboxylic acids is 1. The Labute approximate surface area is 179 Å². The molecule has 0 radical (unpaired) electrons. The van der Waals surface area contributed by atoms with Crippen LogP contribution in [0, 0.1) is 6.92 Å². The Morgan fingerprint density at radius 2 is 1.73 bits per heavy atom. The van der Waals surface area contributed by atoms with Crippen LogP contribution in [0.2, 0.25) is 0 Å². The summed E-state index contributed by atoms with van der Waals surface area (Å²) in [5, 5.41) is 2.91. The molecule has 1 N–H and O–H groups in total. The van der Waals surface area contributed by atoms with Gasteiger partial charge in [0, 0.05) is 18.7 Å². The molecule has 7 heteroatoms. The van der Waals surface area contributed by atoms with Gasteiger partial charge in [-0.2, -0.15) is 0 Å². The van der Waals surface area contributed by atoms with Crippen LogP contribution in [0.5, 0.6) is 5.75 Å². The van der Waals surface area contributed by atoms with E-state index in [1.807, 2.05) is 38.1 Å². The number of piperidine rings is 1. The molecule has 0 saturated carbocycles. The second-order valence-corrected chi connectivity index (χ2v) is 9.83. The van der Waals surface area contributed by atoms with Crippen LogP contribution < -0.4 is 10.1 Å². The van der Waals surface area contributed by atoms with Crippen LogP contribution in [0.15, 0.2) is 48.5 Å². The molecule has 3 rings (SSSR count). The number of hydrogen-bond donors (Lipinski definition) is 1. The van der Waals surface area contributed by atoms with E-state index in [0.717, 1.165) is 30.6 Å². The highest BCUT2D eigenvalue weighted by atomic mass is 32.2. The van der Waals surface area contributed by atoms with Crippen LogP contribution in [-0.4, -0.2) is 44.4 Å². The SMILES string of the molecule is Cc1ccccc1OC[C@@H](C)NC(=O)c1ccc(CS(=O)(=O)N2CCCCC2)cc1. The predicted octanol–water partition coefficient (Wildman–Crippen LogP) is 3.51. The Kier molecular flexibility index (Phi) is 7.50. The summed E-state index contributed by atoms with van der Waals surface area (Å²) in [6.45, 7) is 5.43. The van der Waals surface area contributed by atoms with E-state index in [9.17, 15) is 13.2 Å². The fourth-order valence-electron chi connectivity index (χ4n) is 3.48. The Morgan fingerprint density at radius 3 is 2.40 bits per heavy atom. The van der Waals surface area contributed by atoms with Crippen molar-refractivity contribution in [3.05, 3.63) is 65.2 Å². The van der Waals surface area contributed by atoms with E-state index in [-0.39, 0.29) is 17.7 Å². The molecule has 6 nitrogen and oxygen atoms in total.